The molecule has 0 spiro atoms. The van der Waals surface area contributed by atoms with E-state index in [0.717, 1.165) is 22.3 Å². The van der Waals surface area contributed by atoms with Gasteiger partial charge in [-0.2, -0.15) is 5.10 Å². The minimum absolute atomic E-state index is 0.205. The van der Waals surface area contributed by atoms with Crippen molar-refractivity contribution in [1.29, 1.82) is 0 Å². The number of hydrogen-bond acceptors (Lipinski definition) is 7. The van der Waals surface area contributed by atoms with Gasteiger partial charge < -0.3 is 13.9 Å². The van der Waals surface area contributed by atoms with Gasteiger partial charge in [0.15, 0.2) is 16.7 Å². The molecule has 7 nitrogen and oxygen atoms in total. The Morgan fingerprint density at radius 1 is 1.00 bits per heavy atom. The Kier molecular flexibility index (Phi) is 10.0. The molecular weight excluding hydrogens is 605 g/mol. The predicted octanol–water partition coefficient (Wildman–Crippen LogP) is 8.74. The summed E-state index contributed by atoms with van der Waals surface area (Å²) in [5.74, 6) is 1.48. The number of amides is 1. The van der Waals surface area contributed by atoms with Gasteiger partial charge in [0.25, 0.3) is 5.91 Å². The number of nitrogens with zero attached hydrogens (tertiary/aromatic N) is 3. The Morgan fingerprint density at radius 2 is 1.84 bits per heavy atom. The lowest BCUT2D eigenvalue weighted by Crippen LogP contribution is -2.28. The molecule has 0 unspecified atom stereocenters. The number of carbonyl (C=O) groups excluding carboxylic acids is 1. The predicted molar refractivity (Wildman–Crippen MR) is 175 cm³/mol. The van der Waals surface area contributed by atoms with E-state index in [1.807, 2.05) is 67.6 Å². The standard InChI is InChI=1S/C33H27Cl2N3O4S/c1-22(15-23-7-4-3-5-8-23)19-36-37-33-38(20-27-9-6-14-41-27)32(39)31(43-33)17-24-10-13-29(30(16-24)40-2)42-21-25-11-12-26(34)18-28(25)35/h3-19H,20-21H2,1-2H3/b22-15+,31-17-,36-19-,37-33+. The number of allylic oxidation sites excluding steroid dienone is 1. The van der Waals surface area contributed by atoms with E-state index >= 15 is 0 Å². The molecule has 0 radical (unpaired) electrons. The average Bonchev–Trinajstić information content (AvgIpc) is 3.62. The van der Waals surface area contributed by atoms with Crippen molar-refractivity contribution in [1.82, 2.24) is 4.90 Å². The first-order chi connectivity index (χ1) is 20.9. The van der Waals surface area contributed by atoms with Crippen LogP contribution in [0.5, 0.6) is 11.5 Å². The van der Waals surface area contributed by atoms with Gasteiger partial charge in [-0.3, -0.25) is 9.69 Å². The molecular formula is C33H27Cl2N3O4S. The summed E-state index contributed by atoms with van der Waals surface area (Å²) in [7, 11) is 1.56. The molecule has 0 bridgehead atoms. The monoisotopic (exact) mass is 631 g/mol. The number of furan rings is 1. The van der Waals surface area contributed by atoms with Gasteiger partial charge in [-0.1, -0.05) is 71.7 Å². The summed E-state index contributed by atoms with van der Waals surface area (Å²) < 4.78 is 17.0. The lowest BCUT2D eigenvalue weighted by Gasteiger charge is -2.13. The quantitative estimate of drug-likeness (QED) is 0.0993. The van der Waals surface area contributed by atoms with Crippen molar-refractivity contribution < 1.29 is 18.7 Å². The first kappa shape index (κ1) is 30.2. The number of amidine groups is 1. The van der Waals surface area contributed by atoms with Gasteiger partial charge in [-0.05, 0) is 77.9 Å². The fourth-order valence-corrected chi connectivity index (χ4v) is 5.54. The summed E-state index contributed by atoms with van der Waals surface area (Å²) >= 11 is 13.5. The second-order valence-electron chi connectivity index (χ2n) is 9.44. The zero-order valence-corrected chi connectivity index (χ0v) is 25.7. The SMILES string of the molecule is COc1cc(/C=C2\S/C(=N/N=C\C(C)=C\c3ccccc3)N(Cc3ccco3)C2=O)ccc1OCc1ccc(Cl)cc1Cl. The van der Waals surface area contributed by atoms with E-state index in [1.54, 1.807) is 54.8 Å². The number of methoxy groups -OCH3 is 1. The van der Waals surface area contributed by atoms with Crippen LogP contribution >= 0.6 is 35.0 Å². The lowest BCUT2D eigenvalue weighted by atomic mass is 10.1. The van der Waals surface area contributed by atoms with Crippen molar-refractivity contribution in [3.05, 3.63) is 128 Å². The van der Waals surface area contributed by atoms with Gasteiger partial charge in [-0.25, -0.2) is 0 Å². The molecule has 1 saturated heterocycles. The highest BCUT2D eigenvalue weighted by atomic mass is 35.5. The van der Waals surface area contributed by atoms with E-state index in [2.05, 4.69) is 10.2 Å². The highest BCUT2D eigenvalue weighted by molar-refractivity contribution is 8.18. The number of halogens is 2. The molecule has 3 aromatic carbocycles. The fourth-order valence-electron chi connectivity index (χ4n) is 4.14. The third-order valence-corrected chi connectivity index (χ3v) is 7.85. The topological polar surface area (TPSA) is 76.6 Å². The van der Waals surface area contributed by atoms with Crippen molar-refractivity contribution in [3.8, 4) is 11.5 Å². The highest BCUT2D eigenvalue weighted by Gasteiger charge is 2.34. The maximum Gasteiger partial charge on any atom is 0.267 e. The van der Waals surface area contributed by atoms with Crippen molar-refractivity contribution in [3.63, 3.8) is 0 Å². The zero-order chi connectivity index (χ0) is 30.2. The van der Waals surface area contributed by atoms with Crippen LogP contribution < -0.4 is 9.47 Å². The minimum atomic E-state index is -0.205. The highest BCUT2D eigenvalue weighted by Crippen LogP contribution is 2.36. The van der Waals surface area contributed by atoms with E-state index in [-0.39, 0.29) is 19.1 Å². The van der Waals surface area contributed by atoms with Gasteiger partial charge in [0.1, 0.15) is 12.4 Å². The van der Waals surface area contributed by atoms with Gasteiger partial charge in [0, 0.05) is 15.6 Å². The summed E-state index contributed by atoms with van der Waals surface area (Å²) in [6.45, 7) is 2.41. The molecule has 0 atom stereocenters. The molecule has 1 fully saturated rings. The normalized spacial score (nSPS) is 15.7. The maximum absolute atomic E-state index is 13.5. The average molecular weight is 633 g/mol. The van der Waals surface area contributed by atoms with E-state index in [0.29, 0.717) is 37.4 Å². The Hall–Kier alpha value is -4.24. The van der Waals surface area contributed by atoms with Crippen LogP contribution in [0.15, 0.2) is 110 Å². The van der Waals surface area contributed by atoms with E-state index in [4.69, 9.17) is 37.1 Å². The van der Waals surface area contributed by atoms with Crippen LogP contribution in [0, 0.1) is 0 Å². The second kappa shape index (κ2) is 14.3. The Labute approximate surface area is 264 Å². The third kappa shape index (κ3) is 7.99. The molecule has 2 heterocycles. The van der Waals surface area contributed by atoms with Crippen LogP contribution in [0.2, 0.25) is 10.0 Å². The summed E-state index contributed by atoms with van der Waals surface area (Å²) in [6.07, 6.45) is 7.03. The largest absolute Gasteiger partial charge is 0.493 e. The first-order valence-electron chi connectivity index (χ1n) is 13.2. The summed E-state index contributed by atoms with van der Waals surface area (Å²) in [6, 6.07) is 24.2. The molecule has 5 rings (SSSR count). The van der Waals surface area contributed by atoms with Crippen LogP contribution in [0.3, 0.4) is 0 Å². The minimum Gasteiger partial charge on any atom is -0.493 e. The van der Waals surface area contributed by atoms with Gasteiger partial charge in [0.2, 0.25) is 0 Å². The van der Waals surface area contributed by atoms with Crippen molar-refractivity contribution in [2.75, 3.05) is 7.11 Å². The number of benzene rings is 3. The Balaban J connectivity index is 1.35. The second-order valence-corrected chi connectivity index (χ2v) is 11.3. The van der Waals surface area contributed by atoms with Crippen molar-refractivity contribution in [2.24, 2.45) is 10.2 Å². The summed E-state index contributed by atoms with van der Waals surface area (Å²) in [5.41, 5.74) is 3.54. The molecule has 1 aliphatic heterocycles. The van der Waals surface area contributed by atoms with Gasteiger partial charge >= 0.3 is 0 Å². The van der Waals surface area contributed by atoms with Crippen molar-refractivity contribution >= 4 is 64.4 Å². The number of hydrogen-bond donors (Lipinski definition) is 0. The van der Waals surface area contributed by atoms with Gasteiger partial charge in [0.05, 0.1) is 31.0 Å². The molecule has 0 N–H and O–H groups in total. The smallest absolute Gasteiger partial charge is 0.267 e. The van der Waals surface area contributed by atoms with E-state index < -0.39 is 0 Å². The number of carbonyl (C=O) groups is 1. The lowest BCUT2D eigenvalue weighted by molar-refractivity contribution is -0.122. The molecule has 1 aromatic heterocycles. The van der Waals surface area contributed by atoms with Gasteiger partial charge in [-0.15, -0.1) is 5.10 Å². The first-order valence-corrected chi connectivity index (χ1v) is 14.8. The maximum atomic E-state index is 13.5. The summed E-state index contributed by atoms with van der Waals surface area (Å²) in [4.78, 5) is 15.5. The molecule has 0 saturated carbocycles. The molecule has 4 aromatic rings. The molecule has 1 amide bonds. The fraction of sp³-hybridized carbons (Fsp3) is 0.121. The molecule has 218 valence electrons. The number of rotatable bonds is 10. The third-order valence-electron chi connectivity index (χ3n) is 6.26. The van der Waals surface area contributed by atoms with Crippen LogP contribution in [-0.4, -0.2) is 29.3 Å². The molecule has 43 heavy (non-hydrogen) atoms. The molecule has 0 aliphatic carbocycles. The molecule has 10 heteroatoms. The van der Waals surface area contributed by atoms with Crippen molar-refractivity contribution in [2.45, 2.75) is 20.1 Å². The van der Waals surface area contributed by atoms with E-state index in [9.17, 15) is 4.79 Å². The summed E-state index contributed by atoms with van der Waals surface area (Å²) in [5, 5.41) is 10.2. The van der Waals surface area contributed by atoms with Crippen LogP contribution in [-0.2, 0) is 17.9 Å². The zero-order valence-electron chi connectivity index (χ0n) is 23.4. The molecule has 1 aliphatic rings. The van der Waals surface area contributed by atoms with E-state index in [1.165, 1.54) is 11.8 Å². The number of ether oxygens (including phenoxy) is 2. The van der Waals surface area contributed by atoms with Crippen LogP contribution in [0.1, 0.15) is 29.4 Å². The Bertz CT molecular complexity index is 1720. The Morgan fingerprint density at radius 3 is 2.58 bits per heavy atom. The number of thioether (sulfide) groups is 1. The van der Waals surface area contributed by atoms with Crippen LogP contribution in [0.25, 0.3) is 12.2 Å². The van der Waals surface area contributed by atoms with Crippen LogP contribution in [0.4, 0.5) is 0 Å².